The number of aliphatic carboxylic acids is 1. The topological polar surface area (TPSA) is 84.9 Å². The first kappa shape index (κ1) is 24.5. The van der Waals surface area contributed by atoms with Gasteiger partial charge >= 0.3 is 18.1 Å². The van der Waals surface area contributed by atoms with Crippen molar-refractivity contribution in [1.82, 2.24) is 5.32 Å². The van der Waals surface area contributed by atoms with Gasteiger partial charge in [0, 0.05) is 18.5 Å². The molecule has 0 radical (unpaired) electrons. The number of esters is 1. The van der Waals surface area contributed by atoms with Crippen LogP contribution in [0.15, 0.2) is 46.8 Å². The lowest BCUT2D eigenvalue weighted by Gasteiger charge is -2.30. The van der Waals surface area contributed by atoms with E-state index in [9.17, 15) is 27.9 Å². The van der Waals surface area contributed by atoms with E-state index in [0.717, 1.165) is 12.1 Å². The zero-order valence-corrected chi connectivity index (χ0v) is 18.0. The molecule has 0 spiro atoms. The van der Waals surface area contributed by atoms with Crippen LogP contribution < -0.4 is 5.32 Å². The highest BCUT2D eigenvalue weighted by Gasteiger charge is 2.39. The number of dihydropyridines is 1. The molecule has 0 saturated carbocycles. The molecule has 0 bridgehead atoms. The van der Waals surface area contributed by atoms with Crippen molar-refractivity contribution in [3.63, 3.8) is 0 Å². The second-order valence-electron chi connectivity index (χ2n) is 7.68. The van der Waals surface area contributed by atoms with E-state index in [0.29, 0.717) is 5.70 Å². The zero-order chi connectivity index (χ0) is 23.5. The Morgan fingerprint density at radius 2 is 1.77 bits per heavy atom. The van der Waals surface area contributed by atoms with E-state index in [1.54, 1.807) is 6.92 Å². The molecule has 2 rings (SSSR count). The highest BCUT2D eigenvalue weighted by atomic mass is 19.4. The molecule has 1 aliphatic heterocycles. The van der Waals surface area contributed by atoms with Crippen LogP contribution >= 0.6 is 0 Å². The Bertz CT molecular complexity index is 918. The summed E-state index contributed by atoms with van der Waals surface area (Å²) in [5.74, 6) is -3.34. The fraction of sp³-hybridized carbons (Fsp3) is 0.455. The van der Waals surface area contributed by atoms with Crippen LogP contribution in [0.5, 0.6) is 0 Å². The molecule has 0 saturated heterocycles. The number of carboxylic acids is 1. The number of carbonyl (C=O) groups is 2. The number of hydrogen-bond donors (Lipinski definition) is 2. The maximum absolute atomic E-state index is 13.3. The monoisotopic (exact) mass is 441 g/mol. The molecule has 0 aliphatic carbocycles. The number of ether oxygens (including phenoxy) is 2. The van der Waals surface area contributed by atoms with Gasteiger partial charge in [0.25, 0.3) is 0 Å². The molecule has 2 unspecified atom stereocenters. The third kappa shape index (κ3) is 5.46. The molecule has 9 heteroatoms. The van der Waals surface area contributed by atoms with Gasteiger partial charge < -0.3 is 19.9 Å². The molecular weight excluding hydrogens is 415 g/mol. The molecule has 2 N–H and O–H groups in total. The summed E-state index contributed by atoms with van der Waals surface area (Å²) in [4.78, 5) is 25.0. The highest BCUT2D eigenvalue weighted by molar-refractivity contribution is 5.99. The lowest BCUT2D eigenvalue weighted by atomic mass is 9.80. The first-order valence-electron chi connectivity index (χ1n) is 9.67. The SMILES string of the molecule is COC(COC(=O)C1=C(C)NC(C)=C(C(=O)O)C1c1cccc(C(F)(F)F)c1)C(C)C. The van der Waals surface area contributed by atoms with Crippen molar-refractivity contribution in [2.24, 2.45) is 5.92 Å². The van der Waals surface area contributed by atoms with Gasteiger partial charge in [0.1, 0.15) is 6.61 Å². The quantitative estimate of drug-likeness (QED) is 0.616. The summed E-state index contributed by atoms with van der Waals surface area (Å²) >= 11 is 0. The standard InChI is InChI=1S/C22H26F3NO5/c1-11(2)16(30-5)10-31-21(29)18-13(4)26-12(3)17(20(27)28)19(18)14-7-6-8-15(9-14)22(23,24)25/h6-9,11,16,19,26H,10H2,1-5H3,(H,27,28). The summed E-state index contributed by atoms with van der Waals surface area (Å²) in [6.45, 7) is 6.73. The molecule has 31 heavy (non-hydrogen) atoms. The summed E-state index contributed by atoms with van der Waals surface area (Å²) in [6.07, 6.45) is -5.00. The smallest absolute Gasteiger partial charge is 0.416 e. The number of nitrogens with one attached hydrogen (secondary N) is 1. The summed E-state index contributed by atoms with van der Waals surface area (Å²) in [6, 6.07) is 4.31. The van der Waals surface area contributed by atoms with Crippen molar-refractivity contribution >= 4 is 11.9 Å². The summed E-state index contributed by atoms with van der Waals surface area (Å²) in [5.41, 5.74) is -0.624. The van der Waals surface area contributed by atoms with Crippen LogP contribution in [0, 0.1) is 5.92 Å². The highest BCUT2D eigenvalue weighted by Crippen LogP contribution is 2.40. The fourth-order valence-corrected chi connectivity index (χ4v) is 3.54. The van der Waals surface area contributed by atoms with Crippen molar-refractivity contribution in [3.8, 4) is 0 Å². The predicted molar refractivity (Wildman–Crippen MR) is 107 cm³/mol. The minimum absolute atomic E-state index is 0.0338. The van der Waals surface area contributed by atoms with Crippen LogP contribution in [0.3, 0.4) is 0 Å². The molecular formula is C22H26F3NO5. The second-order valence-corrected chi connectivity index (χ2v) is 7.68. The van der Waals surface area contributed by atoms with Crippen LogP contribution in [0.2, 0.25) is 0 Å². The third-order valence-electron chi connectivity index (χ3n) is 5.18. The Hall–Kier alpha value is -2.81. The number of alkyl halides is 3. The van der Waals surface area contributed by atoms with Crippen LogP contribution in [0.4, 0.5) is 13.2 Å². The molecule has 1 heterocycles. The van der Waals surface area contributed by atoms with Gasteiger partial charge in [0.2, 0.25) is 0 Å². The van der Waals surface area contributed by atoms with Gasteiger partial charge in [0.05, 0.1) is 28.7 Å². The van der Waals surface area contributed by atoms with Crippen molar-refractivity contribution in [1.29, 1.82) is 0 Å². The summed E-state index contributed by atoms with van der Waals surface area (Å²) in [7, 11) is 1.48. The van der Waals surface area contributed by atoms with Gasteiger partial charge in [-0.05, 0) is 31.4 Å². The molecule has 0 amide bonds. The number of carboxylic acid groups (broad SMARTS) is 1. The Labute approximate surface area is 178 Å². The number of halogens is 3. The van der Waals surface area contributed by atoms with Gasteiger partial charge in [-0.3, -0.25) is 0 Å². The first-order chi connectivity index (χ1) is 14.4. The average molecular weight is 441 g/mol. The molecule has 0 fully saturated rings. The van der Waals surface area contributed by atoms with Gasteiger partial charge in [-0.15, -0.1) is 0 Å². The summed E-state index contributed by atoms with van der Waals surface area (Å²) < 4.78 is 50.5. The maximum Gasteiger partial charge on any atom is 0.416 e. The Kier molecular flexibility index (Phi) is 7.54. The van der Waals surface area contributed by atoms with E-state index in [-0.39, 0.29) is 41.0 Å². The van der Waals surface area contributed by atoms with Crippen LogP contribution in [-0.2, 0) is 25.2 Å². The van der Waals surface area contributed by atoms with Crippen molar-refractivity contribution in [3.05, 3.63) is 57.9 Å². The number of benzene rings is 1. The van der Waals surface area contributed by atoms with Crippen LogP contribution in [0.25, 0.3) is 0 Å². The number of hydrogen-bond acceptors (Lipinski definition) is 5. The van der Waals surface area contributed by atoms with Gasteiger partial charge in [-0.2, -0.15) is 13.2 Å². The number of carbonyl (C=O) groups excluding carboxylic acids is 1. The fourth-order valence-electron chi connectivity index (χ4n) is 3.54. The molecule has 170 valence electrons. The lowest BCUT2D eigenvalue weighted by molar-refractivity contribution is -0.144. The lowest BCUT2D eigenvalue weighted by Crippen LogP contribution is -2.33. The Morgan fingerprint density at radius 3 is 2.29 bits per heavy atom. The average Bonchev–Trinajstić information content (AvgIpc) is 2.66. The van der Waals surface area contributed by atoms with E-state index in [4.69, 9.17) is 9.47 Å². The number of methoxy groups -OCH3 is 1. The van der Waals surface area contributed by atoms with E-state index in [1.165, 1.54) is 26.2 Å². The first-order valence-corrected chi connectivity index (χ1v) is 9.67. The number of allylic oxidation sites excluding steroid dienone is 2. The van der Waals surface area contributed by atoms with E-state index in [2.05, 4.69) is 5.32 Å². The molecule has 6 nitrogen and oxygen atoms in total. The molecule has 1 aromatic rings. The van der Waals surface area contributed by atoms with Crippen molar-refractivity contribution < 1.29 is 37.3 Å². The van der Waals surface area contributed by atoms with Crippen LogP contribution in [-0.4, -0.2) is 36.9 Å². The van der Waals surface area contributed by atoms with Gasteiger partial charge in [0.15, 0.2) is 0 Å². The van der Waals surface area contributed by atoms with E-state index in [1.807, 2.05) is 13.8 Å². The van der Waals surface area contributed by atoms with Crippen molar-refractivity contribution in [2.45, 2.75) is 45.9 Å². The molecule has 1 aliphatic rings. The molecule has 2 atom stereocenters. The van der Waals surface area contributed by atoms with Crippen molar-refractivity contribution in [2.75, 3.05) is 13.7 Å². The van der Waals surface area contributed by atoms with E-state index < -0.39 is 29.6 Å². The predicted octanol–water partition coefficient (Wildman–Crippen LogP) is 4.24. The number of rotatable bonds is 7. The van der Waals surface area contributed by atoms with Gasteiger partial charge in [-0.25, -0.2) is 9.59 Å². The largest absolute Gasteiger partial charge is 0.478 e. The van der Waals surface area contributed by atoms with E-state index >= 15 is 0 Å². The second kappa shape index (κ2) is 9.55. The zero-order valence-electron chi connectivity index (χ0n) is 18.0. The summed E-state index contributed by atoms with van der Waals surface area (Å²) in [5, 5.41) is 12.6. The molecule has 0 aromatic heterocycles. The normalized spacial score (nSPS) is 18.2. The Morgan fingerprint density at radius 1 is 1.16 bits per heavy atom. The van der Waals surface area contributed by atoms with Gasteiger partial charge in [-0.1, -0.05) is 32.0 Å². The minimum Gasteiger partial charge on any atom is -0.478 e. The minimum atomic E-state index is -4.62. The Balaban J connectivity index is 2.54. The molecule has 1 aromatic carbocycles. The van der Waals surface area contributed by atoms with Crippen LogP contribution in [0.1, 0.15) is 44.7 Å². The maximum atomic E-state index is 13.3. The third-order valence-corrected chi connectivity index (χ3v) is 5.18.